The molecule has 0 spiro atoms. The third-order valence-electron chi connectivity index (χ3n) is 4.97. The largest absolute Gasteiger partial charge is 0.336 e. The van der Waals surface area contributed by atoms with Crippen LogP contribution < -0.4 is 0 Å². The van der Waals surface area contributed by atoms with E-state index in [9.17, 15) is 9.59 Å². The number of likely N-dealkylation sites (tertiary alicyclic amines) is 1. The smallest absolute Gasteiger partial charge is 0.319 e. The SMILES string of the molecule is CCC(c1ccncc1)N(CC)C(=O)C1CCN(C(=O)N(C)C)CC1. The van der Waals surface area contributed by atoms with Crippen LogP contribution in [-0.2, 0) is 4.79 Å². The molecule has 0 saturated carbocycles. The summed E-state index contributed by atoms with van der Waals surface area (Å²) in [7, 11) is 3.53. The van der Waals surface area contributed by atoms with Gasteiger partial charge >= 0.3 is 6.03 Å². The van der Waals surface area contributed by atoms with E-state index in [0.717, 1.165) is 24.8 Å². The summed E-state index contributed by atoms with van der Waals surface area (Å²) >= 11 is 0. The number of aromatic nitrogens is 1. The molecule has 1 aromatic rings. The Morgan fingerprint density at radius 1 is 1.20 bits per heavy atom. The maximum atomic E-state index is 13.1. The Kier molecular flexibility index (Phi) is 6.79. The minimum absolute atomic E-state index is 0.00190. The van der Waals surface area contributed by atoms with Crippen molar-refractivity contribution in [3.05, 3.63) is 30.1 Å². The Morgan fingerprint density at radius 3 is 2.28 bits per heavy atom. The second kappa shape index (κ2) is 8.83. The standard InChI is InChI=1S/C19H30N4O2/c1-5-17(15-7-11-20-12-8-15)23(6-2)18(24)16-9-13-22(14-10-16)19(25)21(3)4/h7-8,11-12,16-17H,5-6,9-10,13-14H2,1-4H3. The first kappa shape index (κ1) is 19.2. The number of carbonyl (C=O) groups excluding carboxylic acids is 2. The number of piperidine rings is 1. The molecule has 138 valence electrons. The van der Waals surface area contributed by atoms with Gasteiger partial charge in [-0.25, -0.2) is 4.79 Å². The van der Waals surface area contributed by atoms with Crippen LogP contribution in [-0.4, -0.2) is 65.4 Å². The first-order chi connectivity index (χ1) is 12.0. The van der Waals surface area contributed by atoms with Crippen LogP contribution in [0.1, 0.15) is 44.7 Å². The van der Waals surface area contributed by atoms with Crippen molar-refractivity contribution in [2.45, 2.75) is 39.2 Å². The number of rotatable bonds is 5. The van der Waals surface area contributed by atoms with Crippen LogP contribution in [0.3, 0.4) is 0 Å². The molecular formula is C19H30N4O2. The molecule has 1 atom stereocenters. The molecule has 1 unspecified atom stereocenters. The predicted molar refractivity (Wildman–Crippen MR) is 98.0 cm³/mol. The van der Waals surface area contributed by atoms with E-state index in [0.29, 0.717) is 19.6 Å². The Bertz CT molecular complexity index is 568. The fourth-order valence-corrected chi connectivity index (χ4v) is 3.59. The van der Waals surface area contributed by atoms with Gasteiger partial charge in [0.25, 0.3) is 0 Å². The molecule has 2 heterocycles. The molecule has 0 radical (unpaired) electrons. The summed E-state index contributed by atoms with van der Waals surface area (Å²) in [6.07, 6.45) is 5.91. The van der Waals surface area contributed by atoms with Crippen LogP contribution in [0.2, 0.25) is 0 Å². The summed E-state index contributed by atoms with van der Waals surface area (Å²) in [5, 5.41) is 0. The predicted octanol–water partition coefficient (Wildman–Crippen LogP) is 2.77. The van der Waals surface area contributed by atoms with Crippen LogP contribution in [0.4, 0.5) is 4.79 Å². The van der Waals surface area contributed by atoms with Gasteiger partial charge in [-0.1, -0.05) is 6.92 Å². The van der Waals surface area contributed by atoms with E-state index in [1.165, 1.54) is 0 Å². The molecule has 0 N–H and O–H groups in total. The summed E-state index contributed by atoms with van der Waals surface area (Å²) in [4.78, 5) is 34.7. The molecule has 0 aliphatic carbocycles. The average Bonchev–Trinajstić information content (AvgIpc) is 2.65. The van der Waals surface area contributed by atoms with Gasteiger partial charge in [-0.2, -0.15) is 0 Å². The molecular weight excluding hydrogens is 316 g/mol. The Morgan fingerprint density at radius 2 is 1.80 bits per heavy atom. The Balaban J connectivity index is 2.04. The normalized spacial score (nSPS) is 16.4. The van der Waals surface area contributed by atoms with Gasteiger partial charge in [-0.15, -0.1) is 0 Å². The number of pyridine rings is 1. The zero-order chi connectivity index (χ0) is 18.4. The summed E-state index contributed by atoms with van der Waals surface area (Å²) in [6.45, 7) is 6.14. The second-order valence-corrected chi connectivity index (χ2v) is 6.77. The monoisotopic (exact) mass is 346 g/mol. The molecule has 1 saturated heterocycles. The lowest BCUT2D eigenvalue weighted by atomic mass is 9.93. The van der Waals surface area contributed by atoms with Crippen LogP contribution in [0.25, 0.3) is 0 Å². The Hall–Kier alpha value is -2.11. The minimum Gasteiger partial charge on any atom is -0.336 e. The summed E-state index contributed by atoms with van der Waals surface area (Å²) in [5.41, 5.74) is 1.13. The molecule has 1 aliphatic heterocycles. The average molecular weight is 346 g/mol. The highest BCUT2D eigenvalue weighted by molar-refractivity contribution is 5.80. The van der Waals surface area contributed by atoms with Crippen molar-refractivity contribution in [1.29, 1.82) is 0 Å². The van der Waals surface area contributed by atoms with Gasteiger partial charge in [0.05, 0.1) is 6.04 Å². The molecule has 1 aliphatic rings. The van der Waals surface area contributed by atoms with Crippen LogP contribution in [0.15, 0.2) is 24.5 Å². The van der Waals surface area contributed by atoms with Crippen molar-refractivity contribution in [3.63, 3.8) is 0 Å². The van der Waals surface area contributed by atoms with Gasteiger partial charge in [0.2, 0.25) is 5.91 Å². The summed E-state index contributed by atoms with van der Waals surface area (Å²) < 4.78 is 0. The van der Waals surface area contributed by atoms with Crippen LogP contribution in [0, 0.1) is 5.92 Å². The molecule has 25 heavy (non-hydrogen) atoms. The molecule has 6 heteroatoms. The Labute approximate surface area is 150 Å². The third-order valence-corrected chi connectivity index (χ3v) is 4.97. The van der Waals surface area contributed by atoms with E-state index >= 15 is 0 Å². The van der Waals surface area contributed by atoms with Crippen molar-refractivity contribution >= 4 is 11.9 Å². The number of nitrogens with zero attached hydrogens (tertiary/aromatic N) is 4. The molecule has 2 rings (SSSR count). The maximum absolute atomic E-state index is 13.1. The zero-order valence-electron chi connectivity index (χ0n) is 15.8. The first-order valence-electron chi connectivity index (χ1n) is 9.16. The quantitative estimate of drug-likeness (QED) is 0.824. The minimum atomic E-state index is 0.00190. The fraction of sp³-hybridized carbons (Fsp3) is 0.632. The number of hydrogen-bond acceptors (Lipinski definition) is 3. The fourth-order valence-electron chi connectivity index (χ4n) is 3.59. The first-order valence-corrected chi connectivity index (χ1v) is 9.16. The second-order valence-electron chi connectivity index (χ2n) is 6.77. The van der Waals surface area contributed by atoms with Crippen LogP contribution >= 0.6 is 0 Å². The lowest BCUT2D eigenvalue weighted by Gasteiger charge is -2.37. The molecule has 1 fully saturated rings. The van der Waals surface area contributed by atoms with E-state index in [1.807, 2.05) is 28.9 Å². The van der Waals surface area contributed by atoms with E-state index in [2.05, 4.69) is 11.9 Å². The topological polar surface area (TPSA) is 56.8 Å². The molecule has 0 bridgehead atoms. The highest BCUT2D eigenvalue weighted by Gasteiger charge is 2.32. The number of carbonyl (C=O) groups is 2. The van der Waals surface area contributed by atoms with Gasteiger partial charge in [0, 0.05) is 52.0 Å². The van der Waals surface area contributed by atoms with Crippen molar-refractivity contribution in [3.8, 4) is 0 Å². The molecule has 3 amide bonds. The number of urea groups is 1. The highest BCUT2D eigenvalue weighted by atomic mass is 16.2. The third kappa shape index (κ3) is 4.50. The van der Waals surface area contributed by atoms with Gasteiger partial charge in [0.1, 0.15) is 0 Å². The summed E-state index contributed by atoms with van der Waals surface area (Å²) in [5.74, 6) is 0.213. The van der Waals surface area contributed by atoms with Gasteiger partial charge in [0.15, 0.2) is 0 Å². The number of hydrogen-bond donors (Lipinski definition) is 0. The highest BCUT2D eigenvalue weighted by Crippen LogP contribution is 2.28. The van der Waals surface area contributed by atoms with Crippen molar-refractivity contribution < 1.29 is 9.59 Å². The van der Waals surface area contributed by atoms with E-state index in [4.69, 9.17) is 0 Å². The lowest BCUT2D eigenvalue weighted by Crippen LogP contribution is -2.47. The summed E-state index contributed by atoms with van der Waals surface area (Å²) in [6, 6.07) is 4.09. The molecule has 6 nitrogen and oxygen atoms in total. The van der Waals surface area contributed by atoms with E-state index in [-0.39, 0.29) is 23.9 Å². The van der Waals surface area contributed by atoms with Crippen molar-refractivity contribution in [2.24, 2.45) is 5.92 Å². The van der Waals surface area contributed by atoms with Gasteiger partial charge < -0.3 is 14.7 Å². The van der Waals surface area contributed by atoms with Gasteiger partial charge in [-0.05, 0) is 43.9 Å². The van der Waals surface area contributed by atoms with Crippen molar-refractivity contribution in [2.75, 3.05) is 33.7 Å². The zero-order valence-corrected chi connectivity index (χ0v) is 15.8. The lowest BCUT2D eigenvalue weighted by molar-refractivity contribution is -0.139. The van der Waals surface area contributed by atoms with E-state index in [1.54, 1.807) is 31.4 Å². The van der Waals surface area contributed by atoms with Crippen LogP contribution in [0.5, 0.6) is 0 Å². The van der Waals surface area contributed by atoms with Crippen molar-refractivity contribution in [1.82, 2.24) is 19.7 Å². The molecule has 0 aromatic carbocycles. The molecule has 1 aromatic heterocycles. The maximum Gasteiger partial charge on any atom is 0.319 e. The van der Waals surface area contributed by atoms with E-state index < -0.39 is 0 Å². The van der Waals surface area contributed by atoms with Gasteiger partial charge in [-0.3, -0.25) is 9.78 Å². The number of amides is 3.